The summed E-state index contributed by atoms with van der Waals surface area (Å²) in [6.07, 6.45) is 1.54. The Bertz CT molecular complexity index is 1320. The zero-order chi connectivity index (χ0) is 23.1. The van der Waals surface area contributed by atoms with Gasteiger partial charge in [-0.25, -0.2) is 0 Å². The first-order valence-corrected chi connectivity index (χ1v) is 11.3. The predicted molar refractivity (Wildman–Crippen MR) is 125 cm³/mol. The van der Waals surface area contributed by atoms with Gasteiger partial charge in [-0.1, -0.05) is 23.2 Å². The van der Waals surface area contributed by atoms with Gasteiger partial charge in [-0.3, -0.25) is 14.5 Å². The molecule has 0 atom stereocenters. The number of carbonyl (C=O) groups is 2. The molecule has 2 aromatic carbocycles. The molecule has 0 radical (unpaired) electrons. The maximum atomic E-state index is 12.9. The normalized spacial score (nSPS) is 16.2. The first kappa shape index (κ1) is 21.8. The molecule has 0 saturated carbocycles. The molecule has 2 amide bonds. The third-order valence-electron chi connectivity index (χ3n) is 5.08. The van der Waals surface area contributed by atoms with E-state index in [1.54, 1.807) is 49.6 Å². The van der Waals surface area contributed by atoms with Gasteiger partial charge in [0.05, 0.1) is 23.6 Å². The van der Waals surface area contributed by atoms with Crippen LogP contribution in [0.4, 0.5) is 4.79 Å². The maximum absolute atomic E-state index is 12.9. The van der Waals surface area contributed by atoms with Crippen LogP contribution in [0, 0.1) is 0 Å². The van der Waals surface area contributed by atoms with Crippen LogP contribution in [-0.4, -0.2) is 29.9 Å². The van der Waals surface area contributed by atoms with Crippen molar-refractivity contribution < 1.29 is 28.2 Å². The quantitative estimate of drug-likeness (QED) is 0.382. The summed E-state index contributed by atoms with van der Waals surface area (Å²) in [6, 6.07) is 12.1. The Morgan fingerprint density at radius 1 is 1.06 bits per heavy atom. The number of fused-ring (bicyclic) bond motifs is 1. The number of benzene rings is 2. The summed E-state index contributed by atoms with van der Waals surface area (Å²) < 4.78 is 21.7. The highest BCUT2D eigenvalue weighted by Gasteiger charge is 2.36. The van der Waals surface area contributed by atoms with E-state index in [-0.39, 0.29) is 18.2 Å². The number of hydrogen-bond donors (Lipinski definition) is 0. The lowest BCUT2D eigenvalue weighted by atomic mass is 10.1. The molecule has 1 saturated heterocycles. The molecule has 0 aliphatic carbocycles. The van der Waals surface area contributed by atoms with Gasteiger partial charge in [-0.2, -0.15) is 0 Å². The van der Waals surface area contributed by atoms with Crippen LogP contribution in [0.2, 0.25) is 10.0 Å². The Hall–Kier alpha value is -3.07. The first-order chi connectivity index (χ1) is 15.9. The summed E-state index contributed by atoms with van der Waals surface area (Å²) in [6.45, 7) is 0.124. The molecule has 33 heavy (non-hydrogen) atoms. The van der Waals surface area contributed by atoms with Crippen molar-refractivity contribution in [3.8, 4) is 28.6 Å². The molecule has 168 valence electrons. The van der Waals surface area contributed by atoms with Gasteiger partial charge in [0.1, 0.15) is 17.3 Å². The highest BCUT2D eigenvalue weighted by Crippen LogP contribution is 2.40. The first-order valence-electron chi connectivity index (χ1n) is 9.70. The smallest absolute Gasteiger partial charge is 0.293 e. The average Bonchev–Trinajstić information content (AvgIpc) is 3.50. The third-order valence-corrected chi connectivity index (χ3v) is 6.63. The molecule has 0 spiro atoms. The Kier molecular flexibility index (Phi) is 5.74. The van der Waals surface area contributed by atoms with Crippen LogP contribution in [-0.2, 0) is 11.3 Å². The van der Waals surface area contributed by atoms with Gasteiger partial charge >= 0.3 is 0 Å². The fourth-order valence-electron chi connectivity index (χ4n) is 3.42. The molecule has 1 fully saturated rings. The standard InChI is InChI=1S/C23H15Cl2NO6S/c1-29-18-4-2-12(6-16(18)25)17-5-3-14(32-17)8-21-22(27)26(23(28)33-21)10-13-7-19-20(9-15(13)24)31-11-30-19/h2-9H,10-11H2,1H3. The lowest BCUT2D eigenvalue weighted by Gasteiger charge is -2.14. The van der Waals surface area contributed by atoms with Gasteiger partial charge in [-0.15, -0.1) is 0 Å². The van der Waals surface area contributed by atoms with Crippen LogP contribution in [0.3, 0.4) is 0 Å². The topological polar surface area (TPSA) is 78.2 Å². The lowest BCUT2D eigenvalue weighted by Crippen LogP contribution is -2.27. The summed E-state index contributed by atoms with van der Waals surface area (Å²) in [5, 5.41) is 0.445. The van der Waals surface area contributed by atoms with Crippen molar-refractivity contribution in [2.24, 2.45) is 0 Å². The molecule has 0 bridgehead atoms. The fraction of sp³-hybridized carbons (Fsp3) is 0.130. The van der Waals surface area contributed by atoms with E-state index in [0.29, 0.717) is 44.4 Å². The van der Waals surface area contributed by atoms with Crippen LogP contribution in [0.15, 0.2) is 51.8 Å². The largest absolute Gasteiger partial charge is 0.495 e. The number of ether oxygens (including phenoxy) is 3. The number of methoxy groups -OCH3 is 1. The van der Waals surface area contributed by atoms with Crippen molar-refractivity contribution in [2.45, 2.75) is 6.54 Å². The molecule has 10 heteroatoms. The number of imide groups is 1. The second-order valence-corrected chi connectivity index (χ2v) is 8.92. The molecule has 2 aliphatic rings. The molecular weight excluding hydrogens is 489 g/mol. The zero-order valence-electron chi connectivity index (χ0n) is 17.1. The van der Waals surface area contributed by atoms with Crippen molar-refractivity contribution in [2.75, 3.05) is 13.9 Å². The Labute approximate surface area is 202 Å². The van der Waals surface area contributed by atoms with E-state index in [9.17, 15) is 9.59 Å². The monoisotopic (exact) mass is 503 g/mol. The molecule has 2 aliphatic heterocycles. The molecule has 3 aromatic rings. The van der Waals surface area contributed by atoms with Gasteiger partial charge < -0.3 is 18.6 Å². The maximum Gasteiger partial charge on any atom is 0.293 e. The van der Waals surface area contributed by atoms with Crippen LogP contribution >= 0.6 is 35.0 Å². The van der Waals surface area contributed by atoms with Crippen molar-refractivity contribution in [1.29, 1.82) is 0 Å². The van der Waals surface area contributed by atoms with Crippen molar-refractivity contribution >= 4 is 52.2 Å². The second-order valence-electron chi connectivity index (χ2n) is 7.12. The number of amides is 2. The number of hydrogen-bond acceptors (Lipinski definition) is 7. The van der Waals surface area contributed by atoms with Gasteiger partial charge in [0.2, 0.25) is 6.79 Å². The molecule has 1 aromatic heterocycles. The second kappa shape index (κ2) is 8.70. The van der Waals surface area contributed by atoms with Gasteiger partial charge in [-0.05, 0) is 53.7 Å². The molecule has 3 heterocycles. The number of carbonyl (C=O) groups excluding carboxylic acids is 2. The minimum atomic E-state index is -0.427. The SMILES string of the molecule is COc1ccc(-c2ccc(C=C3SC(=O)N(Cc4cc5c(cc4Cl)OCO5)C3=O)o2)cc1Cl. The Morgan fingerprint density at radius 3 is 2.61 bits per heavy atom. The van der Waals surface area contributed by atoms with Crippen LogP contribution in [0.1, 0.15) is 11.3 Å². The minimum Gasteiger partial charge on any atom is -0.495 e. The number of thioether (sulfide) groups is 1. The average molecular weight is 504 g/mol. The van der Waals surface area contributed by atoms with Crippen LogP contribution < -0.4 is 14.2 Å². The van der Waals surface area contributed by atoms with E-state index in [1.807, 2.05) is 6.07 Å². The number of furan rings is 1. The van der Waals surface area contributed by atoms with E-state index in [0.717, 1.165) is 22.2 Å². The number of rotatable bonds is 5. The van der Waals surface area contributed by atoms with E-state index < -0.39 is 11.1 Å². The summed E-state index contributed by atoms with van der Waals surface area (Å²) in [4.78, 5) is 26.8. The van der Waals surface area contributed by atoms with E-state index >= 15 is 0 Å². The molecule has 0 unspecified atom stereocenters. The lowest BCUT2D eigenvalue weighted by molar-refractivity contribution is -0.123. The molecular formula is C23H15Cl2NO6S. The molecule has 0 N–H and O–H groups in total. The van der Waals surface area contributed by atoms with Gasteiger partial charge in [0, 0.05) is 22.7 Å². The number of nitrogens with zero attached hydrogens (tertiary/aromatic N) is 1. The minimum absolute atomic E-state index is 0.0191. The summed E-state index contributed by atoms with van der Waals surface area (Å²) in [5.41, 5.74) is 1.34. The highest BCUT2D eigenvalue weighted by atomic mass is 35.5. The van der Waals surface area contributed by atoms with Gasteiger partial charge in [0.15, 0.2) is 11.5 Å². The van der Waals surface area contributed by atoms with E-state index in [1.165, 1.54) is 0 Å². The van der Waals surface area contributed by atoms with Gasteiger partial charge in [0.25, 0.3) is 11.1 Å². The summed E-state index contributed by atoms with van der Waals surface area (Å²) >= 11 is 13.3. The van der Waals surface area contributed by atoms with Crippen molar-refractivity contribution in [3.63, 3.8) is 0 Å². The van der Waals surface area contributed by atoms with Crippen molar-refractivity contribution in [3.05, 3.63) is 68.7 Å². The van der Waals surface area contributed by atoms with Crippen molar-refractivity contribution in [1.82, 2.24) is 4.90 Å². The molecule has 7 nitrogen and oxygen atoms in total. The predicted octanol–water partition coefficient (Wildman–Crippen LogP) is 6.23. The summed E-state index contributed by atoms with van der Waals surface area (Å²) in [7, 11) is 1.54. The Balaban J connectivity index is 1.35. The van der Waals surface area contributed by atoms with Crippen LogP contribution in [0.25, 0.3) is 17.4 Å². The fourth-order valence-corrected chi connectivity index (χ4v) is 4.71. The molecule has 5 rings (SSSR count). The van der Waals surface area contributed by atoms with Crippen LogP contribution in [0.5, 0.6) is 17.2 Å². The highest BCUT2D eigenvalue weighted by molar-refractivity contribution is 8.18. The number of halogens is 2. The third kappa shape index (κ3) is 4.17. The van der Waals surface area contributed by atoms with E-state index in [4.69, 9.17) is 41.8 Å². The summed E-state index contributed by atoms with van der Waals surface area (Å²) in [5.74, 6) is 2.19. The Morgan fingerprint density at radius 2 is 1.85 bits per heavy atom. The van der Waals surface area contributed by atoms with E-state index in [2.05, 4.69) is 0 Å². The zero-order valence-corrected chi connectivity index (χ0v) is 19.4.